The second-order valence-electron chi connectivity index (χ2n) is 6.47. The van der Waals surface area contributed by atoms with Crippen LogP contribution < -0.4 is 10.6 Å². The number of hydrogen-bond acceptors (Lipinski definition) is 4. The number of thioether (sulfide) groups is 1. The fourth-order valence-electron chi connectivity index (χ4n) is 3.14. The fourth-order valence-corrected chi connectivity index (χ4v) is 4.37. The van der Waals surface area contributed by atoms with Crippen molar-refractivity contribution in [3.63, 3.8) is 0 Å². The standard InChI is InChI=1S/C18H37N3O2S/c1-4-7-16(8-11-22)14-20-17(19-5-2)21-15-18(24-6-3)9-12-23-13-10-18/h16,22H,4-15H2,1-3H3,(H2,19,20,21). The number of nitrogens with zero attached hydrogens (tertiary/aromatic N) is 1. The summed E-state index contributed by atoms with van der Waals surface area (Å²) in [6, 6.07) is 0. The van der Waals surface area contributed by atoms with Gasteiger partial charge in [0, 0.05) is 37.7 Å². The lowest BCUT2D eigenvalue weighted by Crippen LogP contribution is -2.42. The molecule has 0 aromatic rings. The minimum atomic E-state index is 0.225. The van der Waals surface area contributed by atoms with E-state index >= 15 is 0 Å². The van der Waals surface area contributed by atoms with Gasteiger partial charge in [-0.3, -0.25) is 4.99 Å². The van der Waals surface area contributed by atoms with E-state index in [0.717, 1.165) is 76.7 Å². The van der Waals surface area contributed by atoms with Gasteiger partial charge in [0.05, 0.1) is 6.54 Å². The Labute approximate surface area is 152 Å². The van der Waals surface area contributed by atoms with Gasteiger partial charge in [-0.05, 0) is 44.3 Å². The Balaban J connectivity index is 2.61. The van der Waals surface area contributed by atoms with Gasteiger partial charge in [0.15, 0.2) is 5.96 Å². The van der Waals surface area contributed by atoms with Crippen LogP contribution in [-0.2, 0) is 4.74 Å². The predicted molar refractivity (Wildman–Crippen MR) is 105 cm³/mol. The third kappa shape index (κ3) is 8.08. The summed E-state index contributed by atoms with van der Waals surface area (Å²) in [6.07, 6.45) is 5.30. The Hall–Kier alpha value is -0.460. The molecule has 0 amide bonds. The lowest BCUT2D eigenvalue weighted by molar-refractivity contribution is 0.0793. The van der Waals surface area contributed by atoms with E-state index in [1.165, 1.54) is 0 Å². The molecule has 1 fully saturated rings. The Bertz CT molecular complexity index is 336. The Morgan fingerprint density at radius 3 is 2.54 bits per heavy atom. The lowest BCUT2D eigenvalue weighted by Gasteiger charge is -2.35. The van der Waals surface area contributed by atoms with Crippen LogP contribution in [0.15, 0.2) is 4.99 Å². The van der Waals surface area contributed by atoms with Crippen LogP contribution in [0.5, 0.6) is 0 Å². The summed E-state index contributed by atoms with van der Waals surface area (Å²) in [6.45, 7) is 11.0. The minimum Gasteiger partial charge on any atom is -0.396 e. The summed E-state index contributed by atoms with van der Waals surface area (Å²) in [4.78, 5) is 4.88. The molecule has 1 atom stereocenters. The molecule has 0 aliphatic carbocycles. The molecule has 1 saturated heterocycles. The van der Waals surface area contributed by atoms with E-state index in [9.17, 15) is 5.11 Å². The van der Waals surface area contributed by atoms with Gasteiger partial charge in [-0.25, -0.2) is 0 Å². The summed E-state index contributed by atoms with van der Waals surface area (Å²) in [7, 11) is 0. The third-order valence-corrected chi connectivity index (χ3v) is 5.95. The van der Waals surface area contributed by atoms with E-state index in [2.05, 4.69) is 31.4 Å². The third-order valence-electron chi connectivity index (χ3n) is 4.52. The molecule has 0 spiro atoms. The Morgan fingerprint density at radius 1 is 1.21 bits per heavy atom. The molecule has 0 saturated carbocycles. The number of aliphatic hydroxyl groups is 1. The number of ether oxygens (including phenoxy) is 1. The van der Waals surface area contributed by atoms with Crippen molar-refractivity contribution < 1.29 is 9.84 Å². The molecule has 0 aromatic carbocycles. The van der Waals surface area contributed by atoms with Crippen LogP contribution in [-0.4, -0.2) is 61.0 Å². The van der Waals surface area contributed by atoms with Gasteiger partial charge in [-0.2, -0.15) is 11.8 Å². The van der Waals surface area contributed by atoms with Crippen molar-refractivity contribution >= 4 is 17.7 Å². The molecule has 3 N–H and O–H groups in total. The highest BCUT2D eigenvalue weighted by Crippen LogP contribution is 2.35. The topological polar surface area (TPSA) is 65.9 Å². The first-order chi connectivity index (χ1) is 11.7. The van der Waals surface area contributed by atoms with Crippen LogP contribution >= 0.6 is 11.8 Å². The second kappa shape index (κ2) is 12.8. The number of guanidine groups is 1. The van der Waals surface area contributed by atoms with Gasteiger partial charge in [0.1, 0.15) is 0 Å². The molecule has 0 bridgehead atoms. The summed E-state index contributed by atoms with van der Waals surface area (Å²) in [5, 5.41) is 16.0. The zero-order valence-electron chi connectivity index (χ0n) is 15.8. The first-order valence-corrected chi connectivity index (χ1v) is 10.5. The highest BCUT2D eigenvalue weighted by molar-refractivity contribution is 8.00. The van der Waals surface area contributed by atoms with Gasteiger partial charge >= 0.3 is 0 Å². The van der Waals surface area contributed by atoms with Crippen molar-refractivity contribution in [2.75, 3.05) is 45.2 Å². The zero-order valence-corrected chi connectivity index (χ0v) is 16.6. The fraction of sp³-hybridized carbons (Fsp3) is 0.944. The smallest absolute Gasteiger partial charge is 0.191 e. The molecule has 0 radical (unpaired) electrons. The van der Waals surface area contributed by atoms with Crippen LogP contribution in [0.1, 0.15) is 52.9 Å². The number of aliphatic hydroxyl groups excluding tert-OH is 1. The largest absolute Gasteiger partial charge is 0.396 e. The summed E-state index contributed by atoms with van der Waals surface area (Å²) < 4.78 is 5.77. The Morgan fingerprint density at radius 2 is 1.96 bits per heavy atom. The van der Waals surface area contributed by atoms with Crippen LogP contribution in [0.3, 0.4) is 0 Å². The SMILES string of the molecule is CCCC(CCO)CNC(=NCC1(SCC)CCOCC1)NCC. The highest BCUT2D eigenvalue weighted by atomic mass is 32.2. The average molecular weight is 360 g/mol. The molecule has 0 aromatic heterocycles. The molecule has 1 rings (SSSR count). The van der Waals surface area contributed by atoms with E-state index < -0.39 is 0 Å². The molecule has 1 heterocycles. The molecular formula is C18H37N3O2S. The van der Waals surface area contributed by atoms with E-state index in [1.54, 1.807) is 0 Å². The zero-order chi connectivity index (χ0) is 17.7. The van der Waals surface area contributed by atoms with E-state index in [1.807, 2.05) is 11.8 Å². The van der Waals surface area contributed by atoms with Gasteiger partial charge in [-0.15, -0.1) is 0 Å². The highest BCUT2D eigenvalue weighted by Gasteiger charge is 2.32. The Kier molecular flexibility index (Phi) is 11.5. The number of aliphatic imine (C=N–C) groups is 1. The van der Waals surface area contributed by atoms with E-state index in [-0.39, 0.29) is 11.4 Å². The van der Waals surface area contributed by atoms with E-state index in [0.29, 0.717) is 5.92 Å². The van der Waals surface area contributed by atoms with Gasteiger partial charge in [-0.1, -0.05) is 20.3 Å². The number of rotatable bonds is 11. The van der Waals surface area contributed by atoms with Crippen LogP contribution in [0.2, 0.25) is 0 Å². The number of hydrogen-bond donors (Lipinski definition) is 3. The van der Waals surface area contributed by atoms with Crippen LogP contribution in [0.4, 0.5) is 0 Å². The van der Waals surface area contributed by atoms with Crippen molar-refractivity contribution in [2.45, 2.75) is 57.6 Å². The monoisotopic (exact) mass is 359 g/mol. The molecule has 5 nitrogen and oxygen atoms in total. The maximum atomic E-state index is 9.21. The van der Waals surface area contributed by atoms with Crippen molar-refractivity contribution in [2.24, 2.45) is 10.9 Å². The first kappa shape index (κ1) is 21.6. The molecule has 142 valence electrons. The second-order valence-corrected chi connectivity index (χ2v) is 8.20. The van der Waals surface area contributed by atoms with E-state index in [4.69, 9.17) is 9.73 Å². The van der Waals surface area contributed by atoms with Crippen molar-refractivity contribution in [1.29, 1.82) is 0 Å². The number of nitrogens with one attached hydrogen (secondary N) is 2. The minimum absolute atomic E-state index is 0.225. The quantitative estimate of drug-likeness (QED) is 0.391. The molecule has 6 heteroatoms. The first-order valence-electron chi connectivity index (χ1n) is 9.54. The van der Waals surface area contributed by atoms with Gasteiger partial charge in [0.25, 0.3) is 0 Å². The predicted octanol–water partition coefficient (Wildman–Crippen LogP) is 2.64. The van der Waals surface area contributed by atoms with Crippen LogP contribution in [0.25, 0.3) is 0 Å². The molecular weight excluding hydrogens is 322 g/mol. The maximum Gasteiger partial charge on any atom is 0.191 e. The maximum absolute atomic E-state index is 9.21. The van der Waals surface area contributed by atoms with Crippen molar-refractivity contribution in [3.8, 4) is 0 Å². The normalized spacial score (nSPS) is 19.1. The lowest BCUT2D eigenvalue weighted by atomic mass is 9.99. The van der Waals surface area contributed by atoms with Crippen molar-refractivity contribution in [3.05, 3.63) is 0 Å². The van der Waals surface area contributed by atoms with Crippen molar-refractivity contribution in [1.82, 2.24) is 10.6 Å². The average Bonchev–Trinajstić information content (AvgIpc) is 2.59. The molecule has 24 heavy (non-hydrogen) atoms. The van der Waals surface area contributed by atoms with Crippen LogP contribution in [0, 0.1) is 5.92 Å². The molecule has 1 unspecified atom stereocenters. The molecule has 1 aliphatic heterocycles. The summed E-state index contributed by atoms with van der Waals surface area (Å²) in [5.74, 6) is 2.53. The molecule has 1 aliphatic rings. The van der Waals surface area contributed by atoms with Gasteiger partial charge < -0.3 is 20.5 Å². The summed E-state index contributed by atoms with van der Waals surface area (Å²) >= 11 is 2.02. The summed E-state index contributed by atoms with van der Waals surface area (Å²) in [5.41, 5.74) is 0. The van der Waals surface area contributed by atoms with Gasteiger partial charge in [0.2, 0.25) is 0 Å².